The lowest BCUT2D eigenvalue weighted by molar-refractivity contribution is 0.213. The predicted molar refractivity (Wildman–Crippen MR) is 74.0 cm³/mol. The highest BCUT2D eigenvalue weighted by Crippen LogP contribution is 2.26. The number of likely N-dealkylation sites (tertiary alicyclic amines) is 1. The van der Waals surface area contributed by atoms with Gasteiger partial charge in [0, 0.05) is 18.7 Å². The van der Waals surface area contributed by atoms with Crippen LogP contribution in [0.2, 0.25) is 0 Å². The van der Waals surface area contributed by atoms with E-state index in [-0.39, 0.29) is 0 Å². The van der Waals surface area contributed by atoms with Gasteiger partial charge >= 0.3 is 0 Å². The summed E-state index contributed by atoms with van der Waals surface area (Å²) in [5, 5.41) is 0. The van der Waals surface area contributed by atoms with Crippen molar-refractivity contribution in [2.45, 2.75) is 32.6 Å². The van der Waals surface area contributed by atoms with Gasteiger partial charge < -0.3 is 9.30 Å². The lowest BCUT2D eigenvalue weighted by atomic mass is 9.97. The minimum Gasteiger partial charge on any atom is -0.303 e. The van der Waals surface area contributed by atoms with Gasteiger partial charge in [0.25, 0.3) is 0 Å². The number of hydrogen-bond donors (Lipinski definition) is 0. The van der Waals surface area contributed by atoms with Crippen molar-refractivity contribution in [2.75, 3.05) is 19.6 Å². The maximum atomic E-state index is 4.67. The van der Waals surface area contributed by atoms with Crippen LogP contribution in [0.5, 0.6) is 0 Å². The quantitative estimate of drug-likeness (QED) is 0.808. The minimum atomic E-state index is 0.586. The van der Waals surface area contributed by atoms with E-state index in [1.54, 1.807) is 0 Å². The van der Waals surface area contributed by atoms with Crippen molar-refractivity contribution in [2.24, 2.45) is 0 Å². The second-order valence-corrected chi connectivity index (χ2v) is 5.35. The van der Waals surface area contributed by atoms with E-state index in [4.69, 9.17) is 0 Å². The van der Waals surface area contributed by atoms with Crippen molar-refractivity contribution in [3.8, 4) is 0 Å². The Morgan fingerprint density at radius 1 is 1.39 bits per heavy atom. The summed E-state index contributed by atoms with van der Waals surface area (Å²) in [6, 6.07) is 4.31. The zero-order valence-electron chi connectivity index (χ0n) is 11.3. The lowest BCUT2D eigenvalue weighted by Gasteiger charge is -2.31. The number of aryl methyl sites for hydroxylation is 1. The maximum Gasteiger partial charge on any atom is 0.117 e. The Labute approximate surface area is 108 Å². The van der Waals surface area contributed by atoms with Gasteiger partial charge in [-0.15, -0.1) is 0 Å². The number of rotatable bonds is 2. The van der Waals surface area contributed by atoms with E-state index in [9.17, 15) is 0 Å². The van der Waals surface area contributed by atoms with E-state index in [0.717, 1.165) is 13.1 Å². The van der Waals surface area contributed by atoms with Crippen molar-refractivity contribution in [3.05, 3.63) is 35.9 Å². The SMILES string of the molecule is CCN1CCCC(c2ncc3ccc(C)cn23)C1. The van der Waals surface area contributed by atoms with Crippen LogP contribution in [0, 0.1) is 6.92 Å². The van der Waals surface area contributed by atoms with Gasteiger partial charge in [0.1, 0.15) is 5.82 Å². The third kappa shape index (κ3) is 2.03. The molecule has 0 amide bonds. The summed E-state index contributed by atoms with van der Waals surface area (Å²) in [5.74, 6) is 1.83. The van der Waals surface area contributed by atoms with E-state index in [1.807, 2.05) is 6.20 Å². The molecule has 1 atom stereocenters. The molecule has 2 aromatic rings. The van der Waals surface area contributed by atoms with E-state index in [0.29, 0.717) is 5.92 Å². The van der Waals surface area contributed by atoms with E-state index < -0.39 is 0 Å². The number of piperidine rings is 1. The molecule has 18 heavy (non-hydrogen) atoms. The molecular weight excluding hydrogens is 222 g/mol. The maximum absolute atomic E-state index is 4.67. The van der Waals surface area contributed by atoms with Gasteiger partial charge in [0.15, 0.2) is 0 Å². The Hall–Kier alpha value is -1.35. The van der Waals surface area contributed by atoms with Gasteiger partial charge in [0.2, 0.25) is 0 Å². The average Bonchev–Trinajstić information content (AvgIpc) is 2.81. The fourth-order valence-electron chi connectivity index (χ4n) is 2.97. The van der Waals surface area contributed by atoms with Gasteiger partial charge in [0.05, 0.1) is 11.7 Å². The first kappa shape index (κ1) is 11.7. The van der Waals surface area contributed by atoms with Gasteiger partial charge in [-0.05, 0) is 44.5 Å². The van der Waals surface area contributed by atoms with Gasteiger partial charge in [-0.2, -0.15) is 0 Å². The van der Waals surface area contributed by atoms with E-state index >= 15 is 0 Å². The highest BCUT2D eigenvalue weighted by atomic mass is 15.1. The standard InChI is InChI=1S/C15H21N3/c1-3-17-8-4-5-13(11-17)15-16-9-14-7-6-12(2)10-18(14)15/h6-7,9-10,13H,3-5,8,11H2,1-2H3. The topological polar surface area (TPSA) is 20.5 Å². The van der Waals surface area contributed by atoms with Crippen molar-refractivity contribution in [1.29, 1.82) is 0 Å². The molecule has 3 rings (SSSR count). The largest absolute Gasteiger partial charge is 0.303 e. The summed E-state index contributed by atoms with van der Waals surface area (Å²) in [6.45, 7) is 7.94. The van der Waals surface area contributed by atoms with E-state index in [1.165, 1.54) is 36.3 Å². The normalized spacial score (nSPS) is 21.6. The number of likely N-dealkylation sites (N-methyl/N-ethyl adjacent to an activating group) is 1. The van der Waals surface area contributed by atoms with Crippen LogP contribution in [-0.2, 0) is 0 Å². The minimum absolute atomic E-state index is 0.586. The summed E-state index contributed by atoms with van der Waals surface area (Å²) in [7, 11) is 0. The first-order valence-electron chi connectivity index (χ1n) is 6.94. The van der Waals surface area contributed by atoms with Crippen LogP contribution in [0.25, 0.3) is 5.52 Å². The van der Waals surface area contributed by atoms with Crippen LogP contribution >= 0.6 is 0 Å². The summed E-state index contributed by atoms with van der Waals surface area (Å²) in [6.07, 6.45) is 6.77. The van der Waals surface area contributed by atoms with Crippen LogP contribution in [0.15, 0.2) is 24.5 Å². The third-order valence-electron chi connectivity index (χ3n) is 4.02. The molecule has 0 bridgehead atoms. The molecular formula is C15H21N3. The Bertz CT molecular complexity index is 544. The highest BCUT2D eigenvalue weighted by Gasteiger charge is 2.23. The Balaban J connectivity index is 1.96. The molecule has 3 heteroatoms. The molecule has 1 unspecified atom stereocenters. The van der Waals surface area contributed by atoms with Crippen molar-refractivity contribution in [1.82, 2.24) is 14.3 Å². The zero-order valence-corrected chi connectivity index (χ0v) is 11.3. The number of aromatic nitrogens is 2. The first-order chi connectivity index (χ1) is 8.78. The molecule has 1 fully saturated rings. The number of pyridine rings is 1. The second kappa shape index (κ2) is 4.73. The molecule has 0 aliphatic carbocycles. The molecule has 1 aliphatic heterocycles. The van der Waals surface area contributed by atoms with Crippen LogP contribution in [0.3, 0.4) is 0 Å². The van der Waals surface area contributed by atoms with Gasteiger partial charge in [-0.1, -0.05) is 13.0 Å². The van der Waals surface area contributed by atoms with Gasteiger partial charge in [-0.3, -0.25) is 0 Å². The summed E-state index contributed by atoms with van der Waals surface area (Å²) in [4.78, 5) is 7.20. The van der Waals surface area contributed by atoms with Crippen LogP contribution in [-0.4, -0.2) is 33.9 Å². The third-order valence-corrected chi connectivity index (χ3v) is 4.02. The average molecular weight is 243 g/mol. The van der Waals surface area contributed by atoms with Crippen molar-refractivity contribution < 1.29 is 0 Å². The summed E-state index contributed by atoms with van der Waals surface area (Å²) in [5.41, 5.74) is 2.51. The summed E-state index contributed by atoms with van der Waals surface area (Å²) < 4.78 is 2.28. The molecule has 0 saturated carbocycles. The molecule has 0 spiro atoms. The Morgan fingerprint density at radius 2 is 2.28 bits per heavy atom. The van der Waals surface area contributed by atoms with Crippen molar-refractivity contribution >= 4 is 5.52 Å². The van der Waals surface area contributed by atoms with Crippen LogP contribution in [0.1, 0.15) is 37.1 Å². The van der Waals surface area contributed by atoms with Gasteiger partial charge in [-0.25, -0.2) is 4.98 Å². The highest BCUT2D eigenvalue weighted by molar-refractivity contribution is 5.47. The molecule has 3 heterocycles. The fraction of sp³-hybridized carbons (Fsp3) is 0.533. The molecule has 1 aliphatic rings. The Kier molecular flexibility index (Phi) is 3.08. The number of imidazole rings is 1. The monoisotopic (exact) mass is 243 g/mol. The first-order valence-corrected chi connectivity index (χ1v) is 6.94. The van der Waals surface area contributed by atoms with Crippen LogP contribution < -0.4 is 0 Å². The molecule has 0 aromatic carbocycles. The molecule has 0 radical (unpaired) electrons. The second-order valence-electron chi connectivity index (χ2n) is 5.35. The smallest absolute Gasteiger partial charge is 0.117 e. The number of fused-ring (bicyclic) bond motifs is 1. The zero-order chi connectivity index (χ0) is 12.5. The van der Waals surface area contributed by atoms with Crippen molar-refractivity contribution in [3.63, 3.8) is 0 Å². The molecule has 96 valence electrons. The number of hydrogen-bond acceptors (Lipinski definition) is 2. The molecule has 3 nitrogen and oxygen atoms in total. The fourth-order valence-corrected chi connectivity index (χ4v) is 2.97. The molecule has 2 aromatic heterocycles. The summed E-state index contributed by atoms with van der Waals surface area (Å²) >= 11 is 0. The number of nitrogens with zero attached hydrogens (tertiary/aromatic N) is 3. The van der Waals surface area contributed by atoms with E-state index in [2.05, 4.69) is 46.5 Å². The molecule has 1 saturated heterocycles. The molecule has 0 N–H and O–H groups in total. The Morgan fingerprint density at radius 3 is 3.11 bits per heavy atom. The lowest BCUT2D eigenvalue weighted by Crippen LogP contribution is -2.34. The van der Waals surface area contributed by atoms with Crippen LogP contribution in [0.4, 0.5) is 0 Å². The predicted octanol–water partition coefficient (Wildman–Crippen LogP) is 2.84.